The lowest BCUT2D eigenvalue weighted by Crippen LogP contribution is -2.12. The van der Waals surface area contributed by atoms with E-state index in [2.05, 4.69) is 13.8 Å². The first-order valence-electron chi connectivity index (χ1n) is 11.1. The van der Waals surface area contributed by atoms with Gasteiger partial charge >= 0.3 is 11.9 Å². The van der Waals surface area contributed by atoms with Crippen LogP contribution in [0.5, 0.6) is 0 Å². The van der Waals surface area contributed by atoms with Crippen LogP contribution in [0.25, 0.3) is 0 Å². The van der Waals surface area contributed by atoms with Gasteiger partial charge in [0.05, 0.1) is 0 Å². The molecular weight excluding hydrogens is 376 g/mol. The molecule has 158 valence electrons. The molecule has 0 saturated carbocycles. The van der Waals surface area contributed by atoms with E-state index in [1.54, 1.807) is 0 Å². The summed E-state index contributed by atoms with van der Waals surface area (Å²) in [6.07, 6.45) is 16.2. The van der Waals surface area contributed by atoms with Crippen molar-refractivity contribution in [1.82, 2.24) is 0 Å². The fraction of sp³-hybridized carbons (Fsp3) is 0.909. The first-order valence-corrected chi connectivity index (χ1v) is 13.5. The Kier molecular flexibility index (Phi) is 15.4. The zero-order valence-corrected chi connectivity index (χ0v) is 19.1. The minimum absolute atomic E-state index is 0.337. The summed E-state index contributed by atoms with van der Waals surface area (Å²) in [5.41, 5.74) is 0. The predicted molar refractivity (Wildman–Crippen MR) is 119 cm³/mol. The summed E-state index contributed by atoms with van der Waals surface area (Å²) in [7, 11) is 3.93. The summed E-state index contributed by atoms with van der Waals surface area (Å²) in [6.45, 7) is 4.57. The van der Waals surface area contributed by atoms with Gasteiger partial charge in [-0.05, 0) is 31.6 Å². The summed E-state index contributed by atoms with van der Waals surface area (Å²) in [5, 5.41) is 0.757. The Morgan fingerprint density at radius 3 is 1.96 bits per heavy atom. The van der Waals surface area contributed by atoms with Gasteiger partial charge in [0.2, 0.25) is 0 Å². The van der Waals surface area contributed by atoms with Crippen molar-refractivity contribution in [3.63, 3.8) is 0 Å². The highest BCUT2D eigenvalue weighted by Gasteiger charge is 2.16. The monoisotopic (exact) mass is 416 g/mol. The van der Waals surface area contributed by atoms with Crippen molar-refractivity contribution in [2.45, 2.75) is 115 Å². The lowest BCUT2D eigenvalue weighted by atomic mass is 10.0. The number of carbonyl (C=O) groups is 2. The van der Waals surface area contributed by atoms with Gasteiger partial charge in [-0.1, -0.05) is 93.2 Å². The highest BCUT2D eigenvalue weighted by Crippen LogP contribution is 2.39. The van der Waals surface area contributed by atoms with Crippen LogP contribution >= 0.6 is 21.6 Å². The Morgan fingerprint density at radius 1 is 0.852 bits per heavy atom. The minimum Gasteiger partial charge on any atom is -0.393 e. The van der Waals surface area contributed by atoms with Crippen molar-refractivity contribution in [3.05, 3.63) is 0 Å². The molecule has 1 aliphatic rings. The van der Waals surface area contributed by atoms with Crippen LogP contribution in [0.3, 0.4) is 0 Å². The topological polar surface area (TPSA) is 43.4 Å². The fourth-order valence-corrected chi connectivity index (χ4v) is 6.35. The van der Waals surface area contributed by atoms with Crippen molar-refractivity contribution >= 4 is 33.5 Å². The maximum absolute atomic E-state index is 11.7. The van der Waals surface area contributed by atoms with E-state index < -0.39 is 0 Å². The lowest BCUT2D eigenvalue weighted by Gasteiger charge is -2.07. The van der Waals surface area contributed by atoms with Gasteiger partial charge in [-0.15, -0.1) is 0 Å². The van der Waals surface area contributed by atoms with Crippen LogP contribution < -0.4 is 0 Å². The van der Waals surface area contributed by atoms with Crippen LogP contribution in [0.1, 0.15) is 110 Å². The molecule has 0 aromatic heterocycles. The second-order valence-corrected chi connectivity index (χ2v) is 11.0. The van der Waals surface area contributed by atoms with E-state index in [0.717, 1.165) is 36.9 Å². The normalized spacial score (nSPS) is 16.8. The average Bonchev–Trinajstić information content (AvgIpc) is 3.13. The Hall–Kier alpha value is -0.160. The SMILES string of the molecule is CC(C)CCCCCCCCCCC(=O)OC(=O)CCCCC1CCSS1. The molecule has 0 aromatic carbocycles. The second-order valence-electron chi connectivity index (χ2n) is 8.18. The van der Waals surface area contributed by atoms with Crippen LogP contribution in [0.15, 0.2) is 0 Å². The van der Waals surface area contributed by atoms with Gasteiger partial charge in [0.15, 0.2) is 0 Å². The molecule has 0 spiro atoms. The Bertz CT molecular complexity index is 393. The van der Waals surface area contributed by atoms with Gasteiger partial charge in [0, 0.05) is 23.8 Å². The summed E-state index contributed by atoms with van der Waals surface area (Å²) in [6, 6.07) is 0. The van der Waals surface area contributed by atoms with E-state index in [-0.39, 0.29) is 11.9 Å². The molecule has 1 atom stereocenters. The molecule has 1 heterocycles. The average molecular weight is 417 g/mol. The maximum Gasteiger partial charge on any atom is 0.313 e. The number of ether oxygens (including phenoxy) is 1. The van der Waals surface area contributed by atoms with Gasteiger partial charge < -0.3 is 4.74 Å². The number of rotatable bonds is 16. The van der Waals surface area contributed by atoms with Crippen molar-refractivity contribution in [1.29, 1.82) is 0 Å². The molecular formula is C22H40O3S2. The van der Waals surface area contributed by atoms with Crippen molar-refractivity contribution < 1.29 is 14.3 Å². The fourth-order valence-electron chi connectivity index (χ4n) is 3.32. The van der Waals surface area contributed by atoms with Gasteiger partial charge in [0.1, 0.15) is 0 Å². The third-order valence-electron chi connectivity index (χ3n) is 5.02. The highest BCUT2D eigenvalue weighted by molar-refractivity contribution is 8.77. The van der Waals surface area contributed by atoms with E-state index >= 15 is 0 Å². The third-order valence-corrected chi connectivity index (χ3v) is 8.03. The van der Waals surface area contributed by atoms with Gasteiger partial charge in [-0.2, -0.15) is 0 Å². The smallest absolute Gasteiger partial charge is 0.313 e. The summed E-state index contributed by atoms with van der Waals surface area (Å²) < 4.78 is 4.93. The first-order chi connectivity index (χ1) is 13.1. The minimum atomic E-state index is -0.338. The third kappa shape index (κ3) is 15.4. The van der Waals surface area contributed by atoms with E-state index in [1.807, 2.05) is 21.6 Å². The summed E-state index contributed by atoms with van der Waals surface area (Å²) in [4.78, 5) is 23.4. The molecule has 1 rings (SSSR count). The van der Waals surface area contributed by atoms with Crippen molar-refractivity contribution in [3.8, 4) is 0 Å². The van der Waals surface area contributed by atoms with Gasteiger partial charge in [0.25, 0.3) is 0 Å². The number of hydrogen-bond acceptors (Lipinski definition) is 5. The summed E-state index contributed by atoms with van der Waals surface area (Å²) in [5.74, 6) is 1.41. The predicted octanol–water partition coefficient (Wildman–Crippen LogP) is 7.33. The standard InChI is InChI=1S/C22H40O3S2/c1-19(2)13-9-7-5-3-4-6-8-10-15-21(23)25-22(24)16-12-11-14-20-17-18-26-27-20/h19-20H,3-18H2,1-2H3. The Morgan fingerprint density at radius 2 is 1.41 bits per heavy atom. The van der Waals surface area contributed by atoms with Crippen LogP contribution in [-0.4, -0.2) is 22.9 Å². The Balaban J connectivity index is 1.83. The molecule has 0 N–H and O–H groups in total. The zero-order chi connectivity index (χ0) is 19.7. The van der Waals surface area contributed by atoms with E-state index in [9.17, 15) is 9.59 Å². The van der Waals surface area contributed by atoms with Gasteiger partial charge in [-0.25, -0.2) is 0 Å². The molecule has 27 heavy (non-hydrogen) atoms. The zero-order valence-electron chi connectivity index (χ0n) is 17.5. The van der Waals surface area contributed by atoms with Gasteiger partial charge in [-0.3, -0.25) is 9.59 Å². The van der Waals surface area contributed by atoms with Crippen molar-refractivity contribution in [2.75, 3.05) is 5.75 Å². The molecule has 0 aromatic rings. The molecule has 1 fully saturated rings. The molecule has 0 bridgehead atoms. The van der Waals surface area contributed by atoms with Crippen LogP contribution in [0.2, 0.25) is 0 Å². The highest BCUT2D eigenvalue weighted by atomic mass is 33.1. The van der Waals surface area contributed by atoms with E-state index in [0.29, 0.717) is 12.8 Å². The quantitative estimate of drug-likeness (QED) is 0.114. The molecule has 5 heteroatoms. The number of unbranched alkanes of at least 4 members (excludes halogenated alkanes) is 8. The maximum atomic E-state index is 11.7. The molecule has 0 aliphatic carbocycles. The number of hydrogen-bond donors (Lipinski definition) is 0. The van der Waals surface area contributed by atoms with Crippen LogP contribution in [0, 0.1) is 5.92 Å². The van der Waals surface area contributed by atoms with E-state index in [1.165, 1.54) is 63.5 Å². The largest absolute Gasteiger partial charge is 0.393 e. The molecule has 1 aliphatic heterocycles. The molecule has 1 unspecified atom stereocenters. The molecule has 0 amide bonds. The van der Waals surface area contributed by atoms with Crippen LogP contribution in [0.4, 0.5) is 0 Å². The van der Waals surface area contributed by atoms with E-state index in [4.69, 9.17) is 4.74 Å². The second kappa shape index (κ2) is 16.8. The molecule has 3 nitrogen and oxygen atoms in total. The number of carbonyl (C=O) groups excluding carboxylic acids is 2. The molecule has 0 radical (unpaired) electrons. The Labute approximate surface area is 174 Å². The van der Waals surface area contributed by atoms with Crippen LogP contribution in [-0.2, 0) is 14.3 Å². The first kappa shape index (κ1) is 24.9. The summed E-state index contributed by atoms with van der Waals surface area (Å²) >= 11 is 0. The lowest BCUT2D eigenvalue weighted by molar-refractivity contribution is -0.159. The molecule has 1 saturated heterocycles. The van der Waals surface area contributed by atoms with Crippen molar-refractivity contribution in [2.24, 2.45) is 5.92 Å². The number of esters is 2.